The molecule has 0 spiro atoms. The van der Waals surface area contributed by atoms with Gasteiger partial charge in [-0.15, -0.1) is 0 Å². The van der Waals surface area contributed by atoms with E-state index in [0.29, 0.717) is 5.69 Å². The van der Waals surface area contributed by atoms with Gasteiger partial charge in [-0.2, -0.15) is 5.10 Å². The normalized spacial score (nSPS) is 11.8. The van der Waals surface area contributed by atoms with E-state index in [-0.39, 0.29) is 4.90 Å². The molecule has 1 aromatic rings. The molecule has 0 atom stereocenters. The van der Waals surface area contributed by atoms with E-state index in [1.165, 1.54) is 6.20 Å². The minimum absolute atomic E-state index is 0.0486. The van der Waals surface area contributed by atoms with Gasteiger partial charge in [0.05, 0.1) is 11.9 Å². The first-order valence-electron chi connectivity index (χ1n) is 2.54. The molecule has 1 aromatic heterocycles. The fourth-order valence-corrected chi connectivity index (χ4v) is 1.30. The van der Waals surface area contributed by atoms with Gasteiger partial charge >= 0.3 is 0 Å². The summed E-state index contributed by atoms with van der Waals surface area (Å²) in [5.74, 6) is 0. The highest BCUT2D eigenvalue weighted by atomic mass is 32.2. The Morgan fingerprint density at radius 2 is 2.30 bits per heavy atom. The highest BCUT2D eigenvalue weighted by molar-refractivity contribution is 7.89. The summed E-state index contributed by atoms with van der Waals surface area (Å²) in [4.78, 5) is 0.0486. The predicted octanol–water partition coefficient (Wildman–Crippen LogP) is -0.634. The van der Waals surface area contributed by atoms with Gasteiger partial charge in [0, 0.05) is 0 Å². The van der Waals surface area contributed by atoms with E-state index in [9.17, 15) is 8.42 Å². The van der Waals surface area contributed by atoms with Crippen LogP contribution in [0.1, 0.15) is 5.69 Å². The number of aryl methyl sites for hydroxylation is 1. The highest BCUT2D eigenvalue weighted by Gasteiger charge is 2.11. The van der Waals surface area contributed by atoms with Crippen LogP contribution in [0.3, 0.4) is 0 Å². The molecule has 0 radical (unpaired) electrons. The number of nitrogens with one attached hydrogen (secondary N) is 1. The molecule has 6 heteroatoms. The van der Waals surface area contributed by atoms with Gasteiger partial charge in [0.2, 0.25) is 10.0 Å². The van der Waals surface area contributed by atoms with Crippen LogP contribution in [-0.2, 0) is 10.0 Å². The van der Waals surface area contributed by atoms with Crippen LogP contribution in [0.2, 0.25) is 0 Å². The van der Waals surface area contributed by atoms with Crippen LogP contribution in [0, 0.1) is 6.92 Å². The lowest BCUT2D eigenvalue weighted by molar-refractivity contribution is 0.597. The molecule has 10 heavy (non-hydrogen) atoms. The molecule has 56 valence electrons. The molecule has 5 nitrogen and oxygen atoms in total. The number of H-pyrrole nitrogens is 1. The summed E-state index contributed by atoms with van der Waals surface area (Å²) >= 11 is 0. The third-order valence-electron chi connectivity index (χ3n) is 1.09. The molecular formula is C4H7N3O2S. The van der Waals surface area contributed by atoms with Crippen LogP contribution >= 0.6 is 0 Å². The Morgan fingerprint density at radius 1 is 1.70 bits per heavy atom. The summed E-state index contributed by atoms with van der Waals surface area (Å²) in [6, 6.07) is 0. The molecule has 0 bridgehead atoms. The van der Waals surface area contributed by atoms with E-state index in [4.69, 9.17) is 5.14 Å². The van der Waals surface area contributed by atoms with Gasteiger partial charge in [-0.1, -0.05) is 0 Å². The van der Waals surface area contributed by atoms with E-state index < -0.39 is 10.0 Å². The van der Waals surface area contributed by atoms with Crippen LogP contribution in [0.4, 0.5) is 0 Å². The van der Waals surface area contributed by atoms with Crippen molar-refractivity contribution in [2.24, 2.45) is 5.14 Å². The SMILES string of the molecule is Cc1[nH]ncc1S(N)(=O)=O. The molecule has 0 amide bonds. The van der Waals surface area contributed by atoms with Crippen molar-refractivity contribution in [1.82, 2.24) is 10.2 Å². The van der Waals surface area contributed by atoms with Gasteiger partial charge in [0.15, 0.2) is 0 Å². The maximum absolute atomic E-state index is 10.6. The second-order valence-corrected chi connectivity index (χ2v) is 3.43. The quantitative estimate of drug-likeness (QED) is 0.574. The van der Waals surface area contributed by atoms with E-state index in [0.717, 1.165) is 0 Å². The summed E-state index contributed by atoms with van der Waals surface area (Å²) in [6.07, 6.45) is 1.19. The molecule has 0 saturated carbocycles. The summed E-state index contributed by atoms with van der Waals surface area (Å²) in [5.41, 5.74) is 0.461. The third kappa shape index (κ3) is 1.17. The monoisotopic (exact) mass is 161 g/mol. The summed E-state index contributed by atoms with van der Waals surface area (Å²) in [5, 5.41) is 10.8. The van der Waals surface area contributed by atoms with Crippen LogP contribution in [0.25, 0.3) is 0 Å². The van der Waals surface area contributed by atoms with Crippen LogP contribution < -0.4 is 5.14 Å². The topological polar surface area (TPSA) is 88.8 Å². The Morgan fingerprint density at radius 3 is 2.50 bits per heavy atom. The zero-order valence-corrected chi connectivity index (χ0v) is 6.14. The first kappa shape index (κ1) is 7.23. The lowest BCUT2D eigenvalue weighted by Gasteiger charge is -1.91. The number of rotatable bonds is 1. The van der Waals surface area contributed by atoms with Gasteiger partial charge in [-0.05, 0) is 6.92 Å². The Kier molecular flexibility index (Phi) is 1.49. The number of aromatic amines is 1. The third-order valence-corrected chi connectivity index (χ3v) is 2.11. The van der Waals surface area contributed by atoms with Crippen molar-refractivity contribution >= 4 is 10.0 Å². The number of sulfonamides is 1. The van der Waals surface area contributed by atoms with Crippen LogP contribution in [-0.4, -0.2) is 18.6 Å². The van der Waals surface area contributed by atoms with Crippen molar-refractivity contribution in [3.05, 3.63) is 11.9 Å². The van der Waals surface area contributed by atoms with Crippen LogP contribution in [0.15, 0.2) is 11.1 Å². The minimum Gasteiger partial charge on any atom is -0.281 e. The van der Waals surface area contributed by atoms with Crippen molar-refractivity contribution in [3.63, 3.8) is 0 Å². The Bertz CT molecular complexity index is 326. The highest BCUT2D eigenvalue weighted by Crippen LogP contribution is 2.07. The fraction of sp³-hybridized carbons (Fsp3) is 0.250. The van der Waals surface area contributed by atoms with Gasteiger partial charge in [-0.25, -0.2) is 13.6 Å². The zero-order valence-electron chi connectivity index (χ0n) is 5.33. The number of hydrogen-bond donors (Lipinski definition) is 2. The van der Waals surface area contributed by atoms with Crippen molar-refractivity contribution in [2.45, 2.75) is 11.8 Å². The van der Waals surface area contributed by atoms with Gasteiger partial charge < -0.3 is 0 Å². The predicted molar refractivity (Wildman–Crippen MR) is 34.7 cm³/mol. The first-order valence-corrected chi connectivity index (χ1v) is 4.09. The molecule has 0 unspecified atom stereocenters. The summed E-state index contributed by atoms with van der Waals surface area (Å²) in [7, 11) is -3.58. The van der Waals surface area contributed by atoms with Crippen molar-refractivity contribution in [3.8, 4) is 0 Å². The molecule has 0 aliphatic heterocycles. The van der Waals surface area contributed by atoms with E-state index in [2.05, 4.69) is 10.2 Å². The van der Waals surface area contributed by atoms with Crippen molar-refractivity contribution in [2.75, 3.05) is 0 Å². The lowest BCUT2D eigenvalue weighted by Crippen LogP contribution is -2.12. The molecule has 0 saturated heterocycles. The Hall–Kier alpha value is -0.880. The Balaban J connectivity index is 3.32. The maximum Gasteiger partial charge on any atom is 0.241 e. The first-order chi connectivity index (χ1) is 4.52. The number of nitrogens with zero attached hydrogens (tertiary/aromatic N) is 1. The molecule has 1 heterocycles. The maximum atomic E-state index is 10.6. The van der Waals surface area contributed by atoms with Crippen molar-refractivity contribution in [1.29, 1.82) is 0 Å². The molecular weight excluding hydrogens is 154 g/mol. The van der Waals surface area contributed by atoms with Gasteiger partial charge in [0.25, 0.3) is 0 Å². The zero-order chi connectivity index (χ0) is 7.78. The molecule has 3 N–H and O–H groups in total. The van der Waals surface area contributed by atoms with E-state index in [1.54, 1.807) is 6.92 Å². The fourth-order valence-electron chi connectivity index (χ4n) is 0.626. The summed E-state index contributed by atoms with van der Waals surface area (Å²) < 4.78 is 21.3. The van der Waals surface area contributed by atoms with E-state index in [1.807, 2.05) is 0 Å². The Labute approximate surface area is 58.3 Å². The summed E-state index contributed by atoms with van der Waals surface area (Å²) in [6.45, 7) is 1.59. The van der Waals surface area contributed by atoms with Gasteiger partial charge in [0.1, 0.15) is 4.90 Å². The van der Waals surface area contributed by atoms with Crippen LogP contribution in [0.5, 0.6) is 0 Å². The standard InChI is InChI=1S/C4H7N3O2S/c1-3-4(2-6-7-3)10(5,8)9/h2H,1H3,(H,6,7)(H2,5,8,9). The van der Waals surface area contributed by atoms with Crippen molar-refractivity contribution < 1.29 is 8.42 Å². The molecule has 0 aliphatic rings. The second-order valence-electron chi connectivity index (χ2n) is 1.90. The van der Waals surface area contributed by atoms with Gasteiger partial charge in [-0.3, -0.25) is 5.10 Å². The largest absolute Gasteiger partial charge is 0.281 e. The molecule has 0 aliphatic carbocycles. The average molecular weight is 161 g/mol. The molecule has 1 rings (SSSR count). The average Bonchev–Trinajstić information content (AvgIpc) is 2.11. The smallest absolute Gasteiger partial charge is 0.241 e. The number of nitrogens with two attached hydrogens (primary N) is 1. The minimum atomic E-state index is -3.58. The lowest BCUT2D eigenvalue weighted by atomic mass is 10.5. The number of aromatic nitrogens is 2. The number of hydrogen-bond acceptors (Lipinski definition) is 3. The van der Waals surface area contributed by atoms with E-state index >= 15 is 0 Å². The number of primary sulfonamides is 1. The second kappa shape index (κ2) is 2.06. The molecule has 0 aromatic carbocycles. The molecule has 0 fully saturated rings.